The quantitative estimate of drug-likeness (QED) is 0.940. The molecule has 2 aromatic rings. The minimum Gasteiger partial charge on any atom is -0.373 e. The molecule has 0 aliphatic rings. The molecule has 0 unspecified atom stereocenters. The zero-order valence-electron chi connectivity index (χ0n) is 10.2. The van der Waals surface area contributed by atoms with Crippen molar-refractivity contribution in [3.8, 4) is 11.4 Å². The Morgan fingerprint density at radius 1 is 1.28 bits per heavy atom. The lowest BCUT2D eigenvalue weighted by atomic mass is 10.2. The van der Waals surface area contributed by atoms with Gasteiger partial charge in [-0.1, -0.05) is 6.92 Å². The van der Waals surface area contributed by atoms with Crippen LogP contribution in [0.2, 0.25) is 0 Å². The molecule has 18 heavy (non-hydrogen) atoms. The third-order valence-corrected chi connectivity index (χ3v) is 3.18. The molecule has 0 radical (unpaired) electrons. The van der Waals surface area contributed by atoms with Crippen molar-refractivity contribution in [2.75, 3.05) is 12.4 Å². The smallest absolute Gasteiger partial charge is 0.161 e. The van der Waals surface area contributed by atoms with Crippen LogP contribution in [-0.4, -0.2) is 17.0 Å². The molecule has 1 aromatic heterocycles. The Hall–Kier alpha value is -1.49. The van der Waals surface area contributed by atoms with Gasteiger partial charge in [0.2, 0.25) is 0 Å². The Morgan fingerprint density at radius 2 is 2.06 bits per heavy atom. The predicted octanol–water partition coefficient (Wildman–Crippen LogP) is 3.65. The lowest BCUT2D eigenvalue weighted by Crippen LogP contribution is -2.00. The number of hydrogen-bond acceptors (Lipinski definition) is 3. The largest absolute Gasteiger partial charge is 0.373 e. The molecule has 0 saturated heterocycles. The first-order valence-electron chi connectivity index (χ1n) is 5.65. The van der Waals surface area contributed by atoms with E-state index in [-0.39, 0.29) is 5.82 Å². The van der Waals surface area contributed by atoms with Crippen LogP contribution in [-0.2, 0) is 6.42 Å². The van der Waals surface area contributed by atoms with Gasteiger partial charge < -0.3 is 5.32 Å². The number of hydrogen-bond donors (Lipinski definition) is 1. The maximum absolute atomic E-state index is 13.2. The summed E-state index contributed by atoms with van der Waals surface area (Å²) < 4.78 is 13.6. The van der Waals surface area contributed by atoms with E-state index in [0.29, 0.717) is 10.3 Å². The highest BCUT2D eigenvalue weighted by Crippen LogP contribution is 2.24. The SMILES string of the molecule is CCc1cc(NC)nc(-c2ccc(F)c(Br)c2)n1. The topological polar surface area (TPSA) is 37.8 Å². The summed E-state index contributed by atoms with van der Waals surface area (Å²) >= 11 is 3.17. The van der Waals surface area contributed by atoms with Gasteiger partial charge in [-0.25, -0.2) is 14.4 Å². The second-order valence-electron chi connectivity index (χ2n) is 3.80. The molecule has 0 saturated carbocycles. The van der Waals surface area contributed by atoms with Crippen molar-refractivity contribution >= 4 is 21.7 Å². The Morgan fingerprint density at radius 3 is 2.67 bits per heavy atom. The molecule has 0 aliphatic carbocycles. The van der Waals surface area contributed by atoms with E-state index in [2.05, 4.69) is 31.2 Å². The molecule has 94 valence electrons. The molecular formula is C13H13BrFN3. The summed E-state index contributed by atoms with van der Waals surface area (Å²) in [6, 6.07) is 6.67. The van der Waals surface area contributed by atoms with Crippen molar-refractivity contribution in [3.63, 3.8) is 0 Å². The maximum atomic E-state index is 13.2. The summed E-state index contributed by atoms with van der Waals surface area (Å²) in [5.41, 5.74) is 1.74. The number of halogens is 2. The number of nitrogens with one attached hydrogen (secondary N) is 1. The first-order chi connectivity index (χ1) is 8.63. The van der Waals surface area contributed by atoms with E-state index in [1.54, 1.807) is 12.1 Å². The Kier molecular flexibility index (Phi) is 3.91. The summed E-state index contributed by atoms with van der Waals surface area (Å²) in [4.78, 5) is 8.82. The number of anilines is 1. The van der Waals surface area contributed by atoms with Gasteiger partial charge in [0.15, 0.2) is 5.82 Å². The summed E-state index contributed by atoms with van der Waals surface area (Å²) in [6.07, 6.45) is 0.826. The van der Waals surface area contributed by atoms with Gasteiger partial charge in [-0.3, -0.25) is 0 Å². The van der Waals surface area contributed by atoms with Crippen LogP contribution in [0.1, 0.15) is 12.6 Å². The molecule has 1 aromatic carbocycles. The summed E-state index contributed by atoms with van der Waals surface area (Å²) in [7, 11) is 1.81. The van der Waals surface area contributed by atoms with Crippen LogP contribution in [0.25, 0.3) is 11.4 Å². The van der Waals surface area contributed by atoms with Crippen molar-refractivity contribution in [1.82, 2.24) is 9.97 Å². The minimum atomic E-state index is -0.292. The standard InChI is InChI=1S/C13H13BrFN3/c1-3-9-7-12(16-2)18-13(17-9)8-4-5-11(15)10(14)6-8/h4-7H,3H2,1-2H3,(H,16,17,18). The van der Waals surface area contributed by atoms with Gasteiger partial charge in [-0.15, -0.1) is 0 Å². The Bertz CT molecular complexity index is 550. The van der Waals surface area contributed by atoms with E-state index in [1.807, 2.05) is 20.0 Å². The molecule has 1 N–H and O–H groups in total. The molecule has 0 fully saturated rings. The molecule has 2 rings (SSSR count). The molecule has 0 bridgehead atoms. The van der Waals surface area contributed by atoms with E-state index < -0.39 is 0 Å². The van der Waals surface area contributed by atoms with Crippen LogP contribution in [0.3, 0.4) is 0 Å². The average Bonchev–Trinajstić information content (AvgIpc) is 2.41. The van der Waals surface area contributed by atoms with E-state index in [0.717, 1.165) is 23.5 Å². The van der Waals surface area contributed by atoms with Crippen molar-refractivity contribution in [2.45, 2.75) is 13.3 Å². The minimum absolute atomic E-state index is 0.292. The number of nitrogens with zero attached hydrogens (tertiary/aromatic N) is 2. The highest BCUT2D eigenvalue weighted by atomic mass is 79.9. The highest BCUT2D eigenvalue weighted by Gasteiger charge is 2.08. The monoisotopic (exact) mass is 309 g/mol. The Labute approximate surface area is 114 Å². The third-order valence-electron chi connectivity index (χ3n) is 2.58. The first kappa shape index (κ1) is 13.0. The van der Waals surface area contributed by atoms with Crippen LogP contribution in [0, 0.1) is 5.82 Å². The van der Waals surface area contributed by atoms with Crippen molar-refractivity contribution < 1.29 is 4.39 Å². The highest BCUT2D eigenvalue weighted by molar-refractivity contribution is 9.10. The van der Waals surface area contributed by atoms with Crippen LogP contribution in [0.5, 0.6) is 0 Å². The lowest BCUT2D eigenvalue weighted by molar-refractivity contribution is 0.621. The number of rotatable bonds is 3. The average molecular weight is 310 g/mol. The van der Waals surface area contributed by atoms with Gasteiger partial charge in [-0.2, -0.15) is 0 Å². The maximum Gasteiger partial charge on any atom is 0.161 e. The van der Waals surface area contributed by atoms with Crippen molar-refractivity contribution in [2.24, 2.45) is 0 Å². The molecule has 0 atom stereocenters. The number of aromatic nitrogens is 2. The van der Waals surface area contributed by atoms with Gasteiger partial charge in [0, 0.05) is 24.4 Å². The van der Waals surface area contributed by atoms with Crippen LogP contribution < -0.4 is 5.32 Å². The van der Waals surface area contributed by atoms with Crippen molar-refractivity contribution in [1.29, 1.82) is 0 Å². The predicted molar refractivity (Wildman–Crippen MR) is 74.1 cm³/mol. The summed E-state index contributed by atoms with van der Waals surface area (Å²) in [5, 5.41) is 3.00. The zero-order valence-corrected chi connectivity index (χ0v) is 11.8. The fraction of sp³-hybridized carbons (Fsp3) is 0.231. The third kappa shape index (κ3) is 2.67. The van der Waals surface area contributed by atoms with E-state index >= 15 is 0 Å². The summed E-state index contributed by atoms with van der Waals surface area (Å²) in [5.74, 6) is 1.07. The molecule has 0 aliphatic heterocycles. The molecule has 5 heteroatoms. The van der Waals surface area contributed by atoms with E-state index in [4.69, 9.17) is 0 Å². The molecule has 3 nitrogen and oxygen atoms in total. The van der Waals surface area contributed by atoms with Gasteiger partial charge in [0.1, 0.15) is 11.6 Å². The molecule has 0 spiro atoms. The van der Waals surface area contributed by atoms with E-state index in [9.17, 15) is 4.39 Å². The van der Waals surface area contributed by atoms with Gasteiger partial charge in [-0.05, 0) is 40.5 Å². The molecule has 0 amide bonds. The van der Waals surface area contributed by atoms with Gasteiger partial charge in [0.05, 0.1) is 4.47 Å². The second-order valence-corrected chi connectivity index (χ2v) is 4.65. The second kappa shape index (κ2) is 5.44. The zero-order chi connectivity index (χ0) is 13.1. The normalized spacial score (nSPS) is 10.4. The first-order valence-corrected chi connectivity index (χ1v) is 6.44. The summed E-state index contributed by atoms with van der Waals surface area (Å²) in [6.45, 7) is 2.03. The lowest BCUT2D eigenvalue weighted by Gasteiger charge is -2.07. The fourth-order valence-electron chi connectivity index (χ4n) is 1.57. The van der Waals surface area contributed by atoms with Gasteiger partial charge >= 0.3 is 0 Å². The van der Waals surface area contributed by atoms with Crippen LogP contribution >= 0.6 is 15.9 Å². The Balaban J connectivity index is 2.51. The number of benzene rings is 1. The van der Waals surface area contributed by atoms with Crippen LogP contribution in [0.15, 0.2) is 28.7 Å². The molecule has 1 heterocycles. The van der Waals surface area contributed by atoms with Gasteiger partial charge in [0.25, 0.3) is 0 Å². The van der Waals surface area contributed by atoms with Crippen molar-refractivity contribution in [3.05, 3.63) is 40.2 Å². The fourth-order valence-corrected chi connectivity index (χ4v) is 1.95. The number of aryl methyl sites for hydroxylation is 1. The molecular weight excluding hydrogens is 297 g/mol. The van der Waals surface area contributed by atoms with E-state index in [1.165, 1.54) is 6.07 Å². The van der Waals surface area contributed by atoms with Crippen LogP contribution in [0.4, 0.5) is 10.2 Å².